The van der Waals surface area contributed by atoms with Crippen molar-refractivity contribution in [2.24, 2.45) is 0 Å². The smallest absolute Gasteiger partial charge is 0.208 e. The van der Waals surface area contributed by atoms with Crippen LogP contribution in [0.3, 0.4) is 0 Å². The number of hydrogen-bond donors (Lipinski definition) is 0. The standard InChI is InChI=1S/C22H23N2/c1-18(10-14-23-16-12-19-6-2-4-8-21(19)23)11-15-24-17-13-20-7-3-5-9-22(20)24/h2-11,14-15H,12-13,16-17H2,1H3/q+1. The van der Waals surface area contributed by atoms with E-state index in [0.29, 0.717) is 0 Å². The molecule has 0 saturated heterocycles. The number of para-hydroxylation sites is 2. The van der Waals surface area contributed by atoms with Crippen molar-refractivity contribution in [3.8, 4) is 0 Å². The molecule has 2 heterocycles. The summed E-state index contributed by atoms with van der Waals surface area (Å²) in [6.07, 6.45) is 11.1. The molecular weight excluding hydrogens is 292 g/mol. The summed E-state index contributed by atoms with van der Waals surface area (Å²) >= 11 is 0. The van der Waals surface area contributed by atoms with Gasteiger partial charge in [-0.25, -0.2) is 0 Å². The number of allylic oxidation sites excluding steroid dienone is 3. The van der Waals surface area contributed by atoms with Gasteiger partial charge in [0, 0.05) is 42.6 Å². The number of hydrogen-bond acceptors (Lipinski definition) is 1. The van der Waals surface area contributed by atoms with Crippen molar-refractivity contribution >= 4 is 17.6 Å². The summed E-state index contributed by atoms with van der Waals surface area (Å²) in [5.74, 6) is 0. The summed E-state index contributed by atoms with van der Waals surface area (Å²) < 4.78 is 2.35. The quantitative estimate of drug-likeness (QED) is 0.598. The van der Waals surface area contributed by atoms with Crippen LogP contribution in [0.2, 0.25) is 0 Å². The monoisotopic (exact) mass is 315 g/mol. The Hall–Kier alpha value is -2.61. The first-order valence-electron chi connectivity index (χ1n) is 8.70. The Bertz CT molecular complexity index is 843. The van der Waals surface area contributed by atoms with E-state index in [1.807, 2.05) is 0 Å². The van der Waals surface area contributed by atoms with E-state index in [-0.39, 0.29) is 0 Å². The molecule has 2 aromatic carbocycles. The molecule has 0 N–H and O–H groups in total. The molecular formula is C22H23N2+. The maximum atomic E-state index is 2.35. The van der Waals surface area contributed by atoms with Gasteiger partial charge in [0.05, 0.1) is 0 Å². The number of fused-ring (bicyclic) bond motifs is 2. The molecule has 0 aliphatic carbocycles. The second-order valence-electron chi connectivity index (χ2n) is 6.52. The molecule has 2 aliphatic rings. The summed E-state index contributed by atoms with van der Waals surface area (Å²) in [5.41, 5.74) is 6.86. The zero-order chi connectivity index (χ0) is 16.4. The lowest BCUT2D eigenvalue weighted by Gasteiger charge is -2.13. The van der Waals surface area contributed by atoms with Crippen LogP contribution in [0.15, 0.2) is 72.5 Å². The molecule has 4 rings (SSSR count). The van der Waals surface area contributed by atoms with E-state index >= 15 is 0 Å². The maximum absolute atomic E-state index is 2.35. The normalized spacial score (nSPS) is 18.5. The van der Waals surface area contributed by atoms with Gasteiger partial charge in [0.25, 0.3) is 0 Å². The first-order chi connectivity index (χ1) is 11.8. The molecule has 0 bridgehead atoms. The van der Waals surface area contributed by atoms with Gasteiger partial charge >= 0.3 is 0 Å². The van der Waals surface area contributed by atoms with Gasteiger partial charge in [0.15, 0.2) is 12.8 Å². The highest BCUT2D eigenvalue weighted by molar-refractivity contribution is 5.70. The number of benzene rings is 2. The van der Waals surface area contributed by atoms with Gasteiger partial charge < -0.3 is 4.90 Å². The molecule has 0 saturated carbocycles. The second kappa shape index (κ2) is 6.48. The molecule has 2 aliphatic heterocycles. The van der Waals surface area contributed by atoms with Crippen molar-refractivity contribution in [3.05, 3.63) is 83.6 Å². The fourth-order valence-corrected chi connectivity index (χ4v) is 3.51. The van der Waals surface area contributed by atoms with Gasteiger partial charge in [-0.3, -0.25) is 0 Å². The minimum atomic E-state index is 1.08. The van der Waals surface area contributed by atoms with Crippen molar-refractivity contribution in [1.82, 2.24) is 0 Å². The Morgan fingerprint density at radius 1 is 1.00 bits per heavy atom. The Balaban J connectivity index is 1.48. The van der Waals surface area contributed by atoms with Crippen LogP contribution in [-0.4, -0.2) is 23.9 Å². The molecule has 120 valence electrons. The van der Waals surface area contributed by atoms with E-state index < -0.39 is 0 Å². The minimum Gasteiger partial charge on any atom is -0.347 e. The molecule has 0 radical (unpaired) electrons. The van der Waals surface area contributed by atoms with Crippen LogP contribution < -0.4 is 4.90 Å². The molecule has 24 heavy (non-hydrogen) atoms. The van der Waals surface area contributed by atoms with E-state index in [4.69, 9.17) is 0 Å². The molecule has 0 amide bonds. The van der Waals surface area contributed by atoms with Crippen molar-refractivity contribution in [1.29, 1.82) is 0 Å². The summed E-state index contributed by atoms with van der Waals surface area (Å²) in [5, 5.41) is 0. The summed E-state index contributed by atoms with van der Waals surface area (Å²) in [6, 6.07) is 17.4. The summed E-state index contributed by atoms with van der Waals surface area (Å²) in [7, 11) is 0. The van der Waals surface area contributed by atoms with E-state index in [1.165, 1.54) is 28.1 Å². The fourth-order valence-electron chi connectivity index (χ4n) is 3.51. The predicted octanol–water partition coefficient (Wildman–Crippen LogP) is 4.48. The highest BCUT2D eigenvalue weighted by Crippen LogP contribution is 2.28. The SMILES string of the molecule is CC(C=CN1CCc2ccccc21)=CC=[N+]1CCc2ccccc21. The lowest BCUT2D eigenvalue weighted by molar-refractivity contribution is -0.423. The average molecular weight is 315 g/mol. The van der Waals surface area contributed by atoms with Gasteiger partial charge in [-0.1, -0.05) is 36.4 Å². The van der Waals surface area contributed by atoms with Gasteiger partial charge in [-0.05, 0) is 36.6 Å². The van der Waals surface area contributed by atoms with Gasteiger partial charge in [-0.15, -0.1) is 0 Å². The maximum Gasteiger partial charge on any atom is 0.208 e. The molecule has 0 atom stereocenters. The largest absolute Gasteiger partial charge is 0.347 e. The van der Waals surface area contributed by atoms with E-state index in [2.05, 4.69) is 89.5 Å². The number of anilines is 1. The van der Waals surface area contributed by atoms with E-state index in [9.17, 15) is 0 Å². The Kier molecular flexibility index (Phi) is 4.04. The lowest BCUT2D eigenvalue weighted by atomic mass is 10.2. The fraction of sp³-hybridized carbons (Fsp3) is 0.227. The van der Waals surface area contributed by atoms with Crippen LogP contribution in [0.1, 0.15) is 18.1 Å². The van der Waals surface area contributed by atoms with Crippen LogP contribution in [0, 0.1) is 0 Å². The third kappa shape index (κ3) is 2.92. The van der Waals surface area contributed by atoms with Gasteiger partial charge in [0.2, 0.25) is 5.69 Å². The molecule has 0 aromatic heterocycles. The Morgan fingerprint density at radius 2 is 1.79 bits per heavy atom. The molecule has 2 heteroatoms. The van der Waals surface area contributed by atoms with Crippen LogP contribution in [0.4, 0.5) is 11.4 Å². The third-order valence-corrected chi connectivity index (χ3v) is 4.88. The number of nitrogens with zero attached hydrogens (tertiary/aromatic N) is 2. The van der Waals surface area contributed by atoms with Gasteiger partial charge in [-0.2, -0.15) is 4.58 Å². The van der Waals surface area contributed by atoms with Crippen LogP contribution in [0.25, 0.3) is 0 Å². The Labute approximate surface area is 144 Å². The van der Waals surface area contributed by atoms with Crippen molar-refractivity contribution in [2.45, 2.75) is 19.8 Å². The second-order valence-corrected chi connectivity index (χ2v) is 6.52. The molecule has 2 aromatic rings. The first kappa shape index (κ1) is 14.9. The first-order valence-corrected chi connectivity index (χ1v) is 8.70. The molecule has 2 nitrogen and oxygen atoms in total. The Morgan fingerprint density at radius 3 is 2.71 bits per heavy atom. The zero-order valence-corrected chi connectivity index (χ0v) is 14.2. The zero-order valence-electron chi connectivity index (χ0n) is 14.2. The predicted molar refractivity (Wildman–Crippen MR) is 101 cm³/mol. The molecule has 0 spiro atoms. The van der Waals surface area contributed by atoms with Crippen molar-refractivity contribution < 1.29 is 4.58 Å². The highest BCUT2D eigenvalue weighted by Gasteiger charge is 2.21. The van der Waals surface area contributed by atoms with E-state index in [0.717, 1.165) is 25.9 Å². The number of rotatable bonds is 3. The van der Waals surface area contributed by atoms with Crippen molar-refractivity contribution in [2.75, 3.05) is 18.0 Å². The van der Waals surface area contributed by atoms with Crippen LogP contribution in [-0.2, 0) is 12.8 Å². The average Bonchev–Trinajstić information content (AvgIpc) is 3.22. The topological polar surface area (TPSA) is 6.25 Å². The van der Waals surface area contributed by atoms with E-state index in [1.54, 1.807) is 0 Å². The molecule has 0 unspecified atom stereocenters. The van der Waals surface area contributed by atoms with Crippen LogP contribution >= 0.6 is 0 Å². The van der Waals surface area contributed by atoms with Crippen LogP contribution in [0.5, 0.6) is 0 Å². The molecule has 0 fully saturated rings. The lowest BCUT2D eigenvalue weighted by Crippen LogP contribution is -2.11. The third-order valence-electron chi connectivity index (χ3n) is 4.88. The highest BCUT2D eigenvalue weighted by atomic mass is 15.1. The summed E-state index contributed by atoms with van der Waals surface area (Å²) in [6.45, 7) is 4.32. The summed E-state index contributed by atoms with van der Waals surface area (Å²) in [4.78, 5) is 2.35. The van der Waals surface area contributed by atoms with Crippen molar-refractivity contribution in [3.63, 3.8) is 0 Å². The van der Waals surface area contributed by atoms with Gasteiger partial charge in [0.1, 0.15) is 0 Å². The minimum absolute atomic E-state index is 1.08.